The number of rotatable bonds is 1. The van der Waals surface area contributed by atoms with E-state index in [1.807, 2.05) is 0 Å². The van der Waals surface area contributed by atoms with Crippen molar-refractivity contribution in [3.05, 3.63) is 23.0 Å². The molecule has 21 heavy (non-hydrogen) atoms. The molecule has 0 spiro atoms. The molecule has 0 saturated heterocycles. The second-order valence-electron chi connectivity index (χ2n) is 9.03. The molecule has 1 heterocycles. The van der Waals surface area contributed by atoms with Crippen LogP contribution >= 0.6 is 0 Å². The Balaban J connectivity index is 2.00. The third-order valence-corrected chi connectivity index (χ3v) is 5.66. The Labute approximate surface area is 129 Å². The van der Waals surface area contributed by atoms with E-state index in [1.165, 1.54) is 42.6 Å². The summed E-state index contributed by atoms with van der Waals surface area (Å²) >= 11 is 0. The van der Waals surface area contributed by atoms with Crippen LogP contribution in [-0.2, 0) is 6.42 Å². The smallest absolute Gasteiger partial charge is 0.0812 e. The van der Waals surface area contributed by atoms with Crippen LogP contribution in [0.5, 0.6) is 0 Å². The largest absolute Gasteiger partial charge is 0.388 e. The Morgan fingerprint density at radius 1 is 1.14 bits per heavy atom. The molecule has 3 rings (SSSR count). The summed E-state index contributed by atoms with van der Waals surface area (Å²) in [7, 11) is 0. The van der Waals surface area contributed by atoms with Crippen LogP contribution in [0.2, 0.25) is 0 Å². The number of aryl methyl sites for hydroxylation is 1. The molecule has 0 bridgehead atoms. The highest BCUT2D eigenvalue weighted by atomic mass is 16.3. The first-order chi connectivity index (χ1) is 9.69. The summed E-state index contributed by atoms with van der Waals surface area (Å²) in [6.07, 6.45) is 6.95. The normalized spacial score (nSPS) is 31.0. The molecule has 2 unspecified atom stereocenters. The molecule has 2 atom stereocenters. The molecule has 1 aromatic rings. The minimum absolute atomic E-state index is 0.207. The third-order valence-electron chi connectivity index (χ3n) is 5.66. The highest BCUT2D eigenvalue weighted by molar-refractivity contribution is 5.34. The molecule has 0 aromatic carbocycles. The fourth-order valence-corrected chi connectivity index (χ4v) is 4.75. The van der Waals surface area contributed by atoms with Gasteiger partial charge in [-0.3, -0.25) is 0 Å². The van der Waals surface area contributed by atoms with Gasteiger partial charge in [-0.1, -0.05) is 34.1 Å². The van der Waals surface area contributed by atoms with E-state index in [2.05, 4.69) is 45.3 Å². The van der Waals surface area contributed by atoms with Gasteiger partial charge in [-0.15, -0.1) is 0 Å². The van der Waals surface area contributed by atoms with Gasteiger partial charge in [0.05, 0.1) is 6.10 Å². The van der Waals surface area contributed by atoms with Crippen LogP contribution in [0.3, 0.4) is 0 Å². The standard InChI is InChI=1S/C19H31NO/c1-13-9-15-16(11-19(4,5)12-17(15)21)20(13)14-7-6-8-18(2,3)10-14/h9,14,17,21H,6-8,10-12H2,1-5H3. The number of hydrogen-bond acceptors (Lipinski definition) is 1. The summed E-state index contributed by atoms with van der Waals surface area (Å²) in [4.78, 5) is 0. The van der Waals surface area contributed by atoms with Crippen molar-refractivity contribution in [2.24, 2.45) is 10.8 Å². The summed E-state index contributed by atoms with van der Waals surface area (Å²) in [5, 5.41) is 10.5. The molecular formula is C19H31NO. The average Bonchev–Trinajstić information content (AvgIpc) is 2.63. The van der Waals surface area contributed by atoms with E-state index in [-0.39, 0.29) is 11.5 Å². The van der Waals surface area contributed by atoms with Crippen molar-refractivity contribution in [3.8, 4) is 0 Å². The summed E-state index contributed by atoms with van der Waals surface area (Å²) in [5.41, 5.74) is 4.63. The summed E-state index contributed by atoms with van der Waals surface area (Å²) in [6.45, 7) is 11.6. The number of hydrogen-bond donors (Lipinski definition) is 1. The van der Waals surface area contributed by atoms with Crippen molar-refractivity contribution in [1.82, 2.24) is 4.57 Å². The van der Waals surface area contributed by atoms with Gasteiger partial charge in [-0.05, 0) is 55.9 Å². The minimum atomic E-state index is -0.277. The lowest BCUT2D eigenvalue weighted by atomic mass is 9.73. The molecule has 1 saturated carbocycles. The van der Waals surface area contributed by atoms with Crippen molar-refractivity contribution < 1.29 is 5.11 Å². The molecule has 2 heteroatoms. The maximum Gasteiger partial charge on any atom is 0.0812 e. The molecule has 0 aliphatic heterocycles. The lowest BCUT2D eigenvalue weighted by Crippen LogP contribution is -2.30. The maximum absolute atomic E-state index is 10.5. The van der Waals surface area contributed by atoms with Gasteiger partial charge >= 0.3 is 0 Å². The van der Waals surface area contributed by atoms with Crippen LogP contribution in [0, 0.1) is 17.8 Å². The predicted molar refractivity (Wildman–Crippen MR) is 87.5 cm³/mol. The van der Waals surface area contributed by atoms with E-state index >= 15 is 0 Å². The SMILES string of the molecule is Cc1cc2c(n1C1CCCC(C)(C)C1)CC(C)(C)CC2O. The molecule has 2 aliphatic rings. The molecule has 2 aliphatic carbocycles. The second kappa shape index (κ2) is 4.87. The Kier molecular flexibility index (Phi) is 3.52. The second-order valence-corrected chi connectivity index (χ2v) is 9.03. The van der Waals surface area contributed by atoms with E-state index in [1.54, 1.807) is 0 Å². The van der Waals surface area contributed by atoms with Gasteiger partial charge in [-0.2, -0.15) is 0 Å². The zero-order valence-corrected chi connectivity index (χ0v) is 14.4. The van der Waals surface area contributed by atoms with Crippen LogP contribution in [0.25, 0.3) is 0 Å². The summed E-state index contributed by atoms with van der Waals surface area (Å²) < 4.78 is 2.58. The first-order valence-corrected chi connectivity index (χ1v) is 8.57. The number of aliphatic hydroxyl groups excluding tert-OH is 1. The predicted octanol–water partition coefficient (Wildman–Crippen LogP) is 4.94. The average molecular weight is 289 g/mol. The highest BCUT2D eigenvalue weighted by Gasteiger charge is 2.37. The van der Waals surface area contributed by atoms with Gasteiger partial charge in [0, 0.05) is 23.0 Å². The van der Waals surface area contributed by atoms with Crippen molar-refractivity contribution in [2.45, 2.75) is 85.3 Å². The van der Waals surface area contributed by atoms with Gasteiger partial charge in [-0.25, -0.2) is 0 Å². The maximum atomic E-state index is 10.5. The van der Waals surface area contributed by atoms with Crippen LogP contribution < -0.4 is 0 Å². The third kappa shape index (κ3) is 2.79. The fraction of sp³-hybridized carbons (Fsp3) is 0.789. The zero-order chi connectivity index (χ0) is 15.4. The van der Waals surface area contributed by atoms with Gasteiger partial charge in [0.2, 0.25) is 0 Å². The van der Waals surface area contributed by atoms with Crippen molar-refractivity contribution in [2.75, 3.05) is 0 Å². The molecule has 0 radical (unpaired) electrons. The molecule has 0 amide bonds. The van der Waals surface area contributed by atoms with Gasteiger partial charge < -0.3 is 9.67 Å². The Bertz CT molecular complexity index is 538. The fourth-order valence-electron chi connectivity index (χ4n) is 4.75. The van der Waals surface area contributed by atoms with Gasteiger partial charge in [0.25, 0.3) is 0 Å². The van der Waals surface area contributed by atoms with Gasteiger partial charge in [0.1, 0.15) is 0 Å². The Morgan fingerprint density at radius 2 is 1.86 bits per heavy atom. The Morgan fingerprint density at radius 3 is 2.52 bits per heavy atom. The zero-order valence-electron chi connectivity index (χ0n) is 14.4. The number of aliphatic hydroxyl groups is 1. The topological polar surface area (TPSA) is 25.2 Å². The van der Waals surface area contributed by atoms with Gasteiger partial charge in [0.15, 0.2) is 0 Å². The number of aromatic nitrogens is 1. The van der Waals surface area contributed by atoms with Crippen molar-refractivity contribution >= 4 is 0 Å². The minimum Gasteiger partial charge on any atom is -0.388 e. The van der Waals surface area contributed by atoms with E-state index in [0.717, 1.165) is 12.8 Å². The first kappa shape index (κ1) is 15.1. The lowest BCUT2D eigenvalue weighted by Gasteiger charge is -2.40. The lowest BCUT2D eigenvalue weighted by molar-refractivity contribution is 0.0956. The van der Waals surface area contributed by atoms with Crippen LogP contribution in [-0.4, -0.2) is 9.67 Å². The Hall–Kier alpha value is -0.760. The first-order valence-electron chi connectivity index (χ1n) is 8.57. The van der Waals surface area contributed by atoms with E-state index in [0.29, 0.717) is 11.5 Å². The van der Waals surface area contributed by atoms with Crippen LogP contribution in [0.15, 0.2) is 6.07 Å². The highest BCUT2D eigenvalue weighted by Crippen LogP contribution is 2.47. The van der Waals surface area contributed by atoms with Crippen LogP contribution in [0.1, 0.15) is 88.9 Å². The number of fused-ring (bicyclic) bond motifs is 1. The molecule has 1 fully saturated rings. The molecule has 118 valence electrons. The van der Waals surface area contributed by atoms with Crippen LogP contribution in [0.4, 0.5) is 0 Å². The molecule has 2 nitrogen and oxygen atoms in total. The van der Waals surface area contributed by atoms with Crippen molar-refractivity contribution in [3.63, 3.8) is 0 Å². The van der Waals surface area contributed by atoms with E-state index in [9.17, 15) is 5.11 Å². The summed E-state index contributed by atoms with van der Waals surface area (Å²) in [5.74, 6) is 0. The summed E-state index contributed by atoms with van der Waals surface area (Å²) in [6, 6.07) is 2.87. The number of nitrogens with zero attached hydrogens (tertiary/aromatic N) is 1. The molecule has 1 aromatic heterocycles. The molecule has 1 N–H and O–H groups in total. The van der Waals surface area contributed by atoms with E-state index < -0.39 is 0 Å². The quantitative estimate of drug-likeness (QED) is 0.778. The monoisotopic (exact) mass is 289 g/mol. The van der Waals surface area contributed by atoms with Crippen molar-refractivity contribution in [1.29, 1.82) is 0 Å². The molecular weight excluding hydrogens is 258 g/mol. The van der Waals surface area contributed by atoms with E-state index in [4.69, 9.17) is 0 Å².